The molecule has 0 saturated heterocycles. The van der Waals surface area contributed by atoms with Crippen LogP contribution in [0.25, 0.3) is 0 Å². The fourth-order valence-electron chi connectivity index (χ4n) is 0.393. The summed E-state index contributed by atoms with van der Waals surface area (Å²) in [4.78, 5) is 0. The average molecular weight is 228 g/mol. The van der Waals surface area contributed by atoms with Gasteiger partial charge in [-0.1, -0.05) is 24.3 Å². The second-order valence-corrected chi connectivity index (χ2v) is 1.09. The van der Waals surface area contributed by atoms with E-state index in [2.05, 4.69) is 24.3 Å². The van der Waals surface area contributed by atoms with E-state index in [1.54, 1.807) is 0 Å². The minimum absolute atomic E-state index is 0. The maximum Gasteiger partial charge on any atom is 0 e. The van der Waals surface area contributed by atoms with E-state index < -0.39 is 0 Å². The first-order valence-corrected chi connectivity index (χ1v) is 1.82. The number of rotatable bonds is 0. The van der Waals surface area contributed by atoms with Crippen molar-refractivity contribution < 1.29 is 32.7 Å². The van der Waals surface area contributed by atoms with Crippen LogP contribution in [0.4, 0.5) is 0 Å². The van der Waals surface area contributed by atoms with Crippen LogP contribution in [-0.4, -0.2) is 0 Å². The molecule has 1 rings (SSSR count). The first kappa shape index (κ1) is 16.1. The average Bonchev–Trinajstić information content (AvgIpc) is 1.76. The molecule has 3 heteroatoms. The minimum atomic E-state index is 0. The van der Waals surface area contributed by atoms with Gasteiger partial charge in [-0.3, -0.25) is 0 Å². The second kappa shape index (κ2) is 11.0. The molecule has 0 aromatic carbocycles. The summed E-state index contributed by atoms with van der Waals surface area (Å²) in [7, 11) is 0. The van der Waals surface area contributed by atoms with Crippen molar-refractivity contribution in [1.29, 1.82) is 0 Å². The third-order valence-electron chi connectivity index (χ3n) is 0.655. The fourth-order valence-corrected chi connectivity index (χ4v) is 0.393. The van der Waals surface area contributed by atoms with E-state index in [0.29, 0.717) is 0 Å². The molecule has 45 valence electrons. The maximum atomic E-state index is 2.12. The predicted molar refractivity (Wildman–Crippen MR) is 37.4 cm³/mol. The summed E-state index contributed by atoms with van der Waals surface area (Å²) in [5.41, 5.74) is 0. The third kappa shape index (κ3) is 7.16. The Labute approximate surface area is 87.5 Å². The summed E-state index contributed by atoms with van der Waals surface area (Å²) in [6.07, 6.45) is 9.50. The Morgan fingerprint density at radius 3 is 1.38 bits per heavy atom. The summed E-state index contributed by atoms with van der Waals surface area (Å²) < 4.78 is 0. The summed E-state index contributed by atoms with van der Waals surface area (Å²) in [5.74, 6) is 0. The quantitative estimate of drug-likeness (QED) is 0.596. The molecule has 0 nitrogen and oxygen atoms in total. The van der Waals surface area contributed by atoms with Gasteiger partial charge >= 0.3 is 0 Å². The molecule has 0 unspecified atom stereocenters. The standard InChI is InChI=1S/C5H6.2ClH.Y/c1-2-4-5-3-1;;;/h1-4H,5H2;2*1H;. The van der Waals surface area contributed by atoms with Gasteiger partial charge in [0.25, 0.3) is 0 Å². The van der Waals surface area contributed by atoms with Crippen molar-refractivity contribution in [3.05, 3.63) is 24.3 Å². The Morgan fingerprint density at radius 1 is 0.875 bits per heavy atom. The Balaban J connectivity index is -0.0000000833. The zero-order valence-electron chi connectivity index (χ0n) is 4.41. The van der Waals surface area contributed by atoms with Crippen molar-refractivity contribution in [1.82, 2.24) is 0 Å². The van der Waals surface area contributed by atoms with Gasteiger partial charge in [0.15, 0.2) is 0 Å². The van der Waals surface area contributed by atoms with E-state index in [0.717, 1.165) is 6.42 Å². The molecule has 0 aromatic rings. The first-order chi connectivity index (χ1) is 2.50. The van der Waals surface area contributed by atoms with Gasteiger partial charge in [0.2, 0.25) is 0 Å². The van der Waals surface area contributed by atoms with E-state index in [4.69, 9.17) is 0 Å². The smallest absolute Gasteiger partial charge is 0 e. The van der Waals surface area contributed by atoms with Crippen LogP contribution >= 0.6 is 24.8 Å². The van der Waals surface area contributed by atoms with Gasteiger partial charge in [-0.2, -0.15) is 0 Å². The molecule has 1 aliphatic rings. The fraction of sp³-hybridized carbons (Fsp3) is 0.200. The van der Waals surface area contributed by atoms with Gasteiger partial charge in [-0.25, -0.2) is 0 Å². The summed E-state index contributed by atoms with van der Waals surface area (Å²) in [5, 5.41) is 0. The zero-order chi connectivity index (χ0) is 3.54. The molecular formula is C5H8Cl2Y. The van der Waals surface area contributed by atoms with E-state index in [1.165, 1.54) is 0 Å². The molecule has 1 aliphatic carbocycles. The van der Waals surface area contributed by atoms with E-state index >= 15 is 0 Å². The van der Waals surface area contributed by atoms with Crippen LogP contribution in [0.2, 0.25) is 0 Å². The van der Waals surface area contributed by atoms with Gasteiger partial charge in [-0.15, -0.1) is 24.8 Å². The van der Waals surface area contributed by atoms with Gasteiger partial charge in [-0.05, 0) is 6.42 Å². The van der Waals surface area contributed by atoms with Crippen molar-refractivity contribution in [2.24, 2.45) is 0 Å². The Hall–Kier alpha value is 1.16. The molecule has 0 heterocycles. The van der Waals surface area contributed by atoms with E-state index in [9.17, 15) is 0 Å². The predicted octanol–water partition coefficient (Wildman–Crippen LogP) is 2.34. The number of allylic oxidation sites excluding steroid dienone is 4. The van der Waals surface area contributed by atoms with Crippen LogP contribution in [-0.2, 0) is 32.7 Å². The Kier molecular flexibility index (Phi) is 22.2. The first-order valence-electron chi connectivity index (χ1n) is 1.82. The van der Waals surface area contributed by atoms with Crippen molar-refractivity contribution in [3.8, 4) is 0 Å². The van der Waals surface area contributed by atoms with Gasteiger partial charge < -0.3 is 0 Å². The van der Waals surface area contributed by atoms with E-state index in [1.807, 2.05) is 0 Å². The third-order valence-corrected chi connectivity index (χ3v) is 0.655. The molecule has 0 atom stereocenters. The van der Waals surface area contributed by atoms with Crippen molar-refractivity contribution in [2.45, 2.75) is 6.42 Å². The Morgan fingerprint density at radius 2 is 1.25 bits per heavy atom. The summed E-state index contributed by atoms with van der Waals surface area (Å²) >= 11 is 0. The second-order valence-electron chi connectivity index (χ2n) is 1.09. The van der Waals surface area contributed by atoms with Crippen molar-refractivity contribution >= 4 is 24.8 Å². The van der Waals surface area contributed by atoms with Crippen LogP contribution in [0.5, 0.6) is 0 Å². The van der Waals surface area contributed by atoms with Crippen molar-refractivity contribution in [3.63, 3.8) is 0 Å². The number of hydrogen-bond acceptors (Lipinski definition) is 0. The largest absolute Gasteiger partial charge is 0.147 e. The molecule has 0 amide bonds. The molecule has 0 aliphatic heterocycles. The number of hydrogen-bond donors (Lipinski definition) is 0. The van der Waals surface area contributed by atoms with Crippen LogP contribution in [0.1, 0.15) is 6.42 Å². The topological polar surface area (TPSA) is 0 Å². The molecule has 0 N–H and O–H groups in total. The zero-order valence-corrected chi connectivity index (χ0v) is 8.88. The number of halogens is 2. The van der Waals surface area contributed by atoms with Crippen LogP contribution in [0.3, 0.4) is 0 Å². The van der Waals surface area contributed by atoms with Crippen LogP contribution < -0.4 is 0 Å². The Bertz CT molecular complexity index is 68.5. The molecule has 0 aromatic heterocycles. The monoisotopic (exact) mass is 227 g/mol. The van der Waals surface area contributed by atoms with Crippen molar-refractivity contribution in [2.75, 3.05) is 0 Å². The van der Waals surface area contributed by atoms with Gasteiger partial charge in [0.1, 0.15) is 0 Å². The van der Waals surface area contributed by atoms with Crippen LogP contribution in [0, 0.1) is 0 Å². The van der Waals surface area contributed by atoms with Crippen LogP contribution in [0.15, 0.2) is 24.3 Å². The molecule has 0 fully saturated rings. The van der Waals surface area contributed by atoms with Gasteiger partial charge in [0, 0.05) is 32.7 Å². The molecule has 0 spiro atoms. The maximum absolute atomic E-state index is 2.12. The summed E-state index contributed by atoms with van der Waals surface area (Å²) in [6, 6.07) is 0. The molecule has 8 heavy (non-hydrogen) atoms. The molecule has 0 bridgehead atoms. The summed E-state index contributed by atoms with van der Waals surface area (Å²) in [6.45, 7) is 0. The molecular weight excluding hydrogens is 220 g/mol. The van der Waals surface area contributed by atoms with E-state index in [-0.39, 0.29) is 57.5 Å². The molecule has 0 saturated carbocycles. The molecule has 1 radical (unpaired) electrons. The normalized spacial score (nSPS) is 11.0. The van der Waals surface area contributed by atoms with Gasteiger partial charge in [0.05, 0.1) is 0 Å². The SMILES string of the molecule is C1=CCC=C1.Cl.Cl.[Y]. The minimum Gasteiger partial charge on any atom is -0.147 e.